The fraction of sp³-hybridized carbons (Fsp3) is 0.267. The summed E-state index contributed by atoms with van der Waals surface area (Å²) in [5, 5.41) is 10.7. The van der Waals surface area contributed by atoms with Crippen LogP contribution >= 0.6 is 11.6 Å². The summed E-state index contributed by atoms with van der Waals surface area (Å²) >= 11 is 6.13. The smallest absolute Gasteiger partial charge is 0.241 e. The van der Waals surface area contributed by atoms with Gasteiger partial charge in [0, 0.05) is 34.9 Å². The Morgan fingerprint density at radius 1 is 1.23 bits per heavy atom. The van der Waals surface area contributed by atoms with E-state index in [1.54, 1.807) is 41.3 Å². The van der Waals surface area contributed by atoms with Gasteiger partial charge >= 0.3 is 0 Å². The third kappa shape index (κ3) is 2.75. The van der Waals surface area contributed by atoms with E-state index in [4.69, 9.17) is 16.9 Å². The Kier molecular flexibility index (Phi) is 3.96. The van der Waals surface area contributed by atoms with Gasteiger partial charge in [0.1, 0.15) is 0 Å². The lowest BCUT2D eigenvalue weighted by Crippen LogP contribution is -2.36. The van der Waals surface area contributed by atoms with Gasteiger partial charge in [-0.15, -0.1) is 0 Å². The molecule has 114 valence electrons. The molecule has 7 heteroatoms. The van der Waals surface area contributed by atoms with E-state index in [0.29, 0.717) is 35.3 Å². The van der Waals surface area contributed by atoms with Crippen molar-refractivity contribution in [2.75, 3.05) is 13.1 Å². The minimum atomic E-state index is -3.66. The van der Waals surface area contributed by atoms with Gasteiger partial charge in [0.05, 0.1) is 4.90 Å². The fourth-order valence-corrected chi connectivity index (χ4v) is 4.43. The quantitative estimate of drug-likeness (QED) is 0.874. The maximum atomic E-state index is 12.7. The summed E-state index contributed by atoms with van der Waals surface area (Å²) in [6.45, 7) is 0.978. The van der Waals surface area contributed by atoms with Crippen LogP contribution in [0.15, 0.2) is 41.3 Å². The first kappa shape index (κ1) is 15.1. The van der Waals surface area contributed by atoms with Crippen LogP contribution in [0.1, 0.15) is 6.42 Å². The highest BCUT2D eigenvalue weighted by Gasteiger charge is 2.27. The normalized spacial score (nSPS) is 18.5. The molecule has 1 aliphatic heterocycles. The van der Waals surface area contributed by atoms with Gasteiger partial charge in [-0.2, -0.15) is 5.26 Å². The molecule has 1 aliphatic rings. The molecule has 0 amide bonds. The van der Waals surface area contributed by atoms with Crippen molar-refractivity contribution >= 4 is 32.4 Å². The Bertz CT molecular complexity index is 861. The average molecular weight is 336 g/mol. The second-order valence-electron chi connectivity index (χ2n) is 5.24. The summed E-state index contributed by atoms with van der Waals surface area (Å²) < 4.78 is 28.0. The molecule has 22 heavy (non-hydrogen) atoms. The van der Waals surface area contributed by atoms with Crippen LogP contribution in [0.2, 0.25) is 5.02 Å². The highest BCUT2D eigenvalue weighted by Crippen LogP contribution is 2.28. The number of hydrogen-bond donors (Lipinski definition) is 1. The zero-order valence-electron chi connectivity index (χ0n) is 11.7. The van der Waals surface area contributed by atoms with E-state index in [0.717, 1.165) is 0 Å². The minimum absolute atomic E-state index is 0.211. The molecular weight excluding hydrogens is 322 g/mol. The molecule has 1 heterocycles. The topological polar surface area (TPSA) is 73.2 Å². The molecule has 1 N–H and O–H groups in total. The fourth-order valence-electron chi connectivity index (χ4n) is 2.71. The van der Waals surface area contributed by atoms with Gasteiger partial charge in [0.25, 0.3) is 0 Å². The van der Waals surface area contributed by atoms with Crippen LogP contribution in [-0.2, 0) is 10.0 Å². The number of benzene rings is 2. The van der Waals surface area contributed by atoms with Crippen LogP contribution in [-0.4, -0.2) is 32.4 Å². The number of halogens is 1. The van der Waals surface area contributed by atoms with Crippen molar-refractivity contribution in [1.82, 2.24) is 9.62 Å². The highest BCUT2D eigenvalue weighted by atomic mass is 35.5. The van der Waals surface area contributed by atoms with Crippen LogP contribution in [0.3, 0.4) is 0 Å². The molecule has 0 saturated carbocycles. The SMILES string of the molecule is N#CN1CC[C@@H](NS(=O)(=O)c2cccc3c(Cl)cccc23)C1. The number of rotatable bonds is 3. The molecule has 0 aliphatic carbocycles. The van der Waals surface area contributed by atoms with Crippen molar-refractivity contribution < 1.29 is 8.42 Å². The Morgan fingerprint density at radius 2 is 1.95 bits per heavy atom. The van der Waals surface area contributed by atoms with Crippen molar-refractivity contribution in [2.24, 2.45) is 0 Å². The molecule has 0 radical (unpaired) electrons. The van der Waals surface area contributed by atoms with E-state index in [-0.39, 0.29) is 10.9 Å². The van der Waals surface area contributed by atoms with Crippen LogP contribution in [0.25, 0.3) is 10.8 Å². The second-order valence-corrected chi connectivity index (χ2v) is 7.33. The van der Waals surface area contributed by atoms with Gasteiger partial charge in [-0.1, -0.05) is 35.9 Å². The van der Waals surface area contributed by atoms with Crippen LogP contribution in [0, 0.1) is 11.5 Å². The number of nitriles is 1. The molecule has 1 fully saturated rings. The van der Waals surface area contributed by atoms with E-state index in [9.17, 15) is 8.42 Å². The van der Waals surface area contributed by atoms with Gasteiger partial charge < -0.3 is 4.90 Å². The molecular formula is C15H14ClN3O2S. The molecule has 0 bridgehead atoms. The number of hydrogen-bond acceptors (Lipinski definition) is 4. The van der Waals surface area contributed by atoms with E-state index >= 15 is 0 Å². The maximum absolute atomic E-state index is 12.7. The average Bonchev–Trinajstić information content (AvgIpc) is 2.94. The monoisotopic (exact) mass is 335 g/mol. The Hall–Kier alpha value is -1.81. The standard InChI is InChI=1S/C15H14ClN3O2S/c16-14-5-1-4-13-12(14)3-2-6-15(13)22(20,21)18-11-7-8-19(9-11)10-17/h1-6,11,18H,7-9H2/t11-/m1/s1. The lowest BCUT2D eigenvalue weighted by atomic mass is 10.1. The molecule has 1 atom stereocenters. The van der Waals surface area contributed by atoms with Gasteiger partial charge in [0.2, 0.25) is 10.0 Å². The van der Waals surface area contributed by atoms with E-state index < -0.39 is 10.0 Å². The van der Waals surface area contributed by atoms with Crippen LogP contribution < -0.4 is 4.72 Å². The van der Waals surface area contributed by atoms with Crippen molar-refractivity contribution in [3.8, 4) is 6.19 Å². The summed E-state index contributed by atoms with van der Waals surface area (Å²) in [6, 6.07) is 10.00. The first-order chi connectivity index (χ1) is 10.5. The predicted molar refractivity (Wildman–Crippen MR) is 84.9 cm³/mol. The molecule has 2 aromatic carbocycles. The lowest BCUT2D eigenvalue weighted by molar-refractivity contribution is 0.470. The second kappa shape index (κ2) is 5.76. The van der Waals surface area contributed by atoms with Crippen molar-refractivity contribution in [3.05, 3.63) is 41.4 Å². The Balaban J connectivity index is 1.97. The zero-order valence-corrected chi connectivity index (χ0v) is 13.2. The third-order valence-electron chi connectivity index (χ3n) is 3.77. The zero-order chi connectivity index (χ0) is 15.7. The first-order valence-corrected chi connectivity index (χ1v) is 8.71. The molecule has 0 unspecified atom stereocenters. The van der Waals surface area contributed by atoms with Gasteiger partial charge in [-0.05, 0) is 18.6 Å². The Labute approximate surface area is 134 Å². The Morgan fingerprint density at radius 3 is 2.68 bits per heavy atom. The van der Waals surface area contributed by atoms with Crippen molar-refractivity contribution in [3.63, 3.8) is 0 Å². The molecule has 0 spiro atoms. The molecule has 2 aromatic rings. The first-order valence-electron chi connectivity index (χ1n) is 6.85. The van der Waals surface area contributed by atoms with E-state index in [2.05, 4.69) is 4.72 Å². The number of nitrogens with zero attached hydrogens (tertiary/aromatic N) is 2. The van der Waals surface area contributed by atoms with Gasteiger partial charge in [-0.25, -0.2) is 13.1 Å². The third-order valence-corrected chi connectivity index (χ3v) is 5.68. The minimum Gasteiger partial charge on any atom is -0.309 e. The van der Waals surface area contributed by atoms with E-state index in [1.165, 1.54) is 0 Å². The summed E-state index contributed by atoms with van der Waals surface area (Å²) in [7, 11) is -3.66. The molecule has 0 aromatic heterocycles. The summed E-state index contributed by atoms with van der Waals surface area (Å²) in [5.41, 5.74) is 0. The molecule has 3 rings (SSSR count). The van der Waals surface area contributed by atoms with Crippen LogP contribution in [0.5, 0.6) is 0 Å². The van der Waals surface area contributed by atoms with E-state index in [1.807, 2.05) is 6.19 Å². The summed E-state index contributed by atoms with van der Waals surface area (Å²) in [5.74, 6) is 0. The van der Waals surface area contributed by atoms with Gasteiger partial charge in [-0.3, -0.25) is 0 Å². The van der Waals surface area contributed by atoms with Crippen molar-refractivity contribution in [1.29, 1.82) is 5.26 Å². The number of likely N-dealkylation sites (tertiary alicyclic amines) is 1. The molecule has 5 nitrogen and oxygen atoms in total. The highest BCUT2D eigenvalue weighted by molar-refractivity contribution is 7.89. The summed E-state index contributed by atoms with van der Waals surface area (Å²) in [6.07, 6.45) is 2.66. The number of nitrogens with one attached hydrogen (secondary N) is 1. The largest absolute Gasteiger partial charge is 0.309 e. The number of fused-ring (bicyclic) bond motifs is 1. The lowest BCUT2D eigenvalue weighted by Gasteiger charge is -2.14. The molecule has 1 saturated heterocycles. The predicted octanol–water partition coefficient (Wildman–Crippen LogP) is 2.33. The maximum Gasteiger partial charge on any atom is 0.241 e. The number of sulfonamides is 1. The van der Waals surface area contributed by atoms with Crippen LogP contribution in [0.4, 0.5) is 0 Å². The van der Waals surface area contributed by atoms with Crippen molar-refractivity contribution in [2.45, 2.75) is 17.4 Å². The summed E-state index contributed by atoms with van der Waals surface area (Å²) in [4.78, 5) is 1.76. The van der Waals surface area contributed by atoms with Gasteiger partial charge in [0.15, 0.2) is 6.19 Å².